The van der Waals surface area contributed by atoms with E-state index in [1.165, 1.54) is 5.01 Å². The number of aryl methyl sites for hydroxylation is 1. The molecule has 0 saturated heterocycles. The van der Waals surface area contributed by atoms with Gasteiger partial charge in [0.2, 0.25) is 11.8 Å². The molecule has 3 rings (SSSR count). The van der Waals surface area contributed by atoms with Gasteiger partial charge in [-0.1, -0.05) is 36.7 Å². The highest BCUT2D eigenvalue weighted by atomic mass is 16.5. The Bertz CT molecular complexity index is 854. The number of amides is 2. The number of hydrazone groups is 1. The first-order chi connectivity index (χ1) is 12.9. The number of anilines is 1. The molecule has 8 heteroatoms. The van der Waals surface area contributed by atoms with Crippen molar-refractivity contribution in [3.63, 3.8) is 0 Å². The lowest BCUT2D eigenvalue weighted by molar-refractivity contribution is -0.132. The van der Waals surface area contributed by atoms with Crippen LogP contribution in [0.2, 0.25) is 0 Å². The van der Waals surface area contributed by atoms with E-state index in [1.807, 2.05) is 45.0 Å². The molecular weight excluding hydrogens is 346 g/mol. The fraction of sp³-hybridized carbons (Fsp3) is 0.421. The van der Waals surface area contributed by atoms with Crippen LogP contribution in [0, 0.1) is 12.8 Å². The molecule has 27 heavy (non-hydrogen) atoms. The molecule has 1 N–H and O–H groups in total. The van der Waals surface area contributed by atoms with Crippen molar-refractivity contribution in [2.24, 2.45) is 11.0 Å². The third-order valence-corrected chi connectivity index (χ3v) is 4.01. The summed E-state index contributed by atoms with van der Waals surface area (Å²) in [5.74, 6) is 0.609. The third-order valence-electron chi connectivity index (χ3n) is 4.01. The van der Waals surface area contributed by atoms with Crippen molar-refractivity contribution < 1.29 is 14.1 Å². The van der Waals surface area contributed by atoms with Gasteiger partial charge in [0.1, 0.15) is 5.71 Å². The SMILES string of the molecule is Cc1ccc(NC(=O)Cc2noc(C3=NN(CC(C)C)C(=O)CC3)n2)cc1. The highest BCUT2D eigenvalue weighted by Crippen LogP contribution is 2.16. The third kappa shape index (κ3) is 4.99. The lowest BCUT2D eigenvalue weighted by Gasteiger charge is -2.23. The van der Waals surface area contributed by atoms with Crippen LogP contribution in [0.15, 0.2) is 33.9 Å². The van der Waals surface area contributed by atoms with E-state index in [0.717, 1.165) is 5.56 Å². The van der Waals surface area contributed by atoms with Gasteiger partial charge in [-0.05, 0) is 25.0 Å². The molecule has 0 saturated carbocycles. The summed E-state index contributed by atoms with van der Waals surface area (Å²) in [4.78, 5) is 28.4. The first kappa shape index (κ1) is 18.8. The molecular formula is C19H23N5O3. The molecule has 0 radical (unpaired) electrons. The number of nitrogens with zero attached hydrogens (tertiary/aromatic N) is 4. The average Bonchev–Trinajstić information content (AvgIpc) is 3.07. The standard InChI is InChI=1S/C19H23N5O3/c1-12(2)11-24-18(26)9-8-15(22-24)19-21-16(23-27-19)10-17(25)20-14-6-4-13(3)5-7-14/h4-7,12H,8-11H2,1-3H3,(H,20,25). The fourth-order valence-corrected chi connectivity index (χ4v) is 2.67. The maximum absolute atomic E-state index is 12.2. The summed E-state index contributed by atoms with van der Waals surface area (Å²) in [6.07, 6.45) is 0.807. The summed E-state index contributed by atoms with van der Waals surface area (Å²) in [5, 5.41) is 12.5. The Hall–Kier alpha value is -3.03. The van der Waals surface area contributed by atoms with Crippen LogP contribution in [0.1, 0.15) is 44.0 Å². The summed E-state index contributed by atoms with van der Waals surface area (Å²) in [6.45, 7) is 6.57. The van der Waals surface area contributed by atoms with Gasteiger partial charge >= 0.3 is 0 Å². The number of benzene rings is 1. The van der Waals surface area contributed by atoms with E-state index in [2.05, 4.69) is 20.6 Å². The highest BCUT2D eigenvalue weighted by molar-refractivity contribution is 6.01. The lowest BCUT2D eigenvalue weighted by atomic mass is 10.1. The Morgan fingerprint density at radius 3 is 2.70 bits per heavy atom. The van der Waals surface area contributed by atoms with Gasteiger partial charge in [0.15, 0.2) is 5.82 Å². The Labute approximate surface area is 157 Å². The molecule has 0 spiro atoms. The van der Waals surface area contributed by atoms with Gasteiger partial charge in [0.05, 0.1) is 6.42 Å². The molecule has 1 aromatic carbocycles. The van der Waals surface area contributed by atoms with Gasteiger partial charge in [0.25, 0.3) is 5.89 Å². The van der Waals surface area contributed by atoms with Gasteiger partial charge in [-0.3, -0.25) is 9.59 Å². The second-order valence-corrected chi connectivity index (χ2v) is 7.02. The van der Waals surface area contributed by atoms with Crippen LogP contribution >= 0.6 is 0 Å². The predicted molar refractivity (Wildman–Crippen MR) is 100 cm³/mol. The van der Waals surface area contributed by atoms with Crippen LogP contribution in [0.25, 0.3) is 0 Å². The Balaban J connectivity index is 1.64. The molecule has 0 bridgehead atoms. The van der Waals surface area contributed by atoms with Crippen molar-refractivity contribution in [1.29, 1.82) is 0 Å². The van der Waals surface area contributed by atoms with E-state index >= 15 is 0 Å². The highest BCUT2D eigenvalue weighted by Gasteiger charge is 2.25. The van der Waals surface area contributed by atoms with E-state index in [1.54, 1.807) is 0 Å². The Kier molecular flexibility index (Phi) is 5.63. The van der Waals surface area contributed by atoms with Crippen molar-refractivity contribution in [1.82, 2.24) is 15.1 Å². The number of nitrogens with one attached hydrogen (secondary N) is 1. The molecule has 142 valence electrons. The van der Waals surface area contributed by atoms with Crippen LogP contribution in [-0.4, -0.2) is 39.2 Å². The average molecular weight is 369 g/mol. The van der Waals surface area contributed by atoms with E-state index in [4.69, 9.17) is 4.52 Å². The lowest BCUT2D eigenvalue weighted by Crippen LogP contribution is -2.34. The van der Waals surface area contributed by atoms with Gasteiger partial charge < -0.3 is 9.84 Å². The minimum atomic E-state index is -0.228. The number of hydrogen-bond acceptors (Lipinski definition) is 6. The van der Waals surface area contributed by atoms with Crippen molar-refractivity contribution in [2.45, 2.75) is 40.0 Å². The van der Waals surface area contributed by atoms with E-state index in [0.29, 0.717) is 36.7 Å². The summed E-state index contributed by atoms with van der Waals surface area (Å²) in [5.41, 5.74) is 2.41. The molecule has 1 aliphatic heterocycles. The summed E-state index contributed by atoms with van der Waals surface area (Å²) >= 11 is 0. The maximum atomic E-state index is 12.2. The zero-order valence-corrected chi connectivity index (χ0v) is 15.7. The molecule has 2 heterocycles. The molecule has 1 aliphatic rings. The molecule has 0 atom stereocenters. The van der Waals surface area contributed by atoms with Crippen LogP contribution in [0.3, 0.4) is 0 Å². The molecule has 2 aromatic rings. The number of carbonyl (C=O) groups is 2. The second-order valence-electron chi connectivity index (χ2n) is 7.02. The molecule has 0 fully saturated rings. The second kappa shape index (κ2) is 8.11. The molecule has 2 amide bonds. The summed E-state index contributed by atoms with van der Waals surface area (Å²) < 4.78 is 5.25. The van der Waals surface area contributed by atoms with Crippen molar-refractivity contribution in [2.75, 3.05) is 11.9 Å². The van der Waals surface area contributed by atoms with E-state index in [-0.39, 0.29) is 30.0 Å². The topological polar surface area (TPSA) is 101 Å². The first-order valence-corrected chi connectivity index (χ1v) is 8.98. The van der Waals surface area contributed by atoms with Gasteiger partial charge in [-0.2, -0.15) is 10.1 Å². The minimum Gasteiger partial charge on any atom is -0.333 e. The smallest absolute Gasteiger partial charge is 0.274 e. The Morgan fingerprint density at radius 1 is 1.26 bits per heavy atom. The quantitative estimate of drug-likeness (QED) is 0.843. The zero-order valence-electron chi connectivity index (χ0n) is 15.7. The molecule has 0 unspecified atom stereocenters. The van der Waals surface area contributed by atoms with E-state index in [9.17, 15) is 9.59 Å². The predicted octanol–water partition coefficient (Wildman–Crippen LogP) is 2.54. The number of aromatic nitrogens is 2. The van der Waals surface area contributed by atoms with Crippen LogP contribution < -0.4 is 5.32 Å². The number of hydrogen-bond donors (Lipinski definition) is 1. The largest absolute Gasteiger partial charge is 0.333 e. The molecule has 0 aliphatic carbocycles. The van der Waals surface area contributed by atoms with Crippen molar-refractivity contribution >= 4 is 23.2 Å². The van der Waals surface area contributed by atoms with Crippen LogP contribution in [0.4, 0.5) is 5.69 Å². The number of carbonyl (C=O) groups excluding carboxylic acids is 2. The van der Waals surface area contributed by atoms with Crippen molar-refractivity contribution in [3.8, 4) is 0 Å². The molecule has 8 nitrogen and oxygen atoms in total. The normalized spacial score (nSPS) is 14.4. The summed E-state index contributed by atoms with van der Waals surface area (Å²) in [6, 6.07) is 7.53. The fourth-order valence-electron chi connectivity index (χ4n) is 2.67. The van der Waals surface area contributed by atoms with Crippen molar-refractivity contribution in [3.05, 3.63) is 41.5 Å². The van der Waals surface area contributed by atoms with Gasteiger partial charge in [0, 0.05) is 25.1 Å². The molecule has 1 aromatic heterocycles. The van der Waals surface area contributed by atoms with Gasteiger partial charge in [-0.15, -0.1) is 0 Å². The summed E-state index contributed by atoms with van der Waals surface area (Å²) in [7, 11) is 0. The van der Waals surface area contributed by atoms with Crippen LogP contribution in [-0.2, 0) is 16.0 Å². The van der Waals surface area contributed by atoms with E-state index < -0.39 is 0 Å². The Morgan fingerprint density at radius 2 is 2.00 bits per heavy atom. The minimum absolute atomic E-state index is 0.000699. The first-order valence-electron chi connectivity index (χ1n) is 8.98. The van der Waals surface area contributed by atoms with Crippen LogP contribution in [0.5, 0.6) is 0 Å². The number of rotatable bonds is 6. The van der Waals surface area contributed by atoms with Gasteiger partial charge in [-0.25, -0.2) is 5.01 Å². The monoisotopic (exact) mass is 369 g/mol. The maximum Gasteiger partial charge on any atom is 0.274 e. The zero-order chi connectivity index (χ0) is 19.4.